The normalized spacial score (nSPS) is 17.0. The van der Waals surface area contributed by atoms with Crippen molar-refractivity contribution in [1.29, 1.82) is 0 Å². The Kier molecular flexibility index (Phi) is 5.63. The fraction of sp³-hybridized carbons (Fsp3) is 0.533. The predicted molar refractivity (Wildman–Crippen MR) is 88.9 cm³/mol. The summed E-state index contributed by atoms with van der Waals surface area (Å²) in [7, 11) is -3.71. The standard InChI is InChI=1S/C15H21BrN2O3S/c1-11(2)14(15(19)18-9-3-4-10-18)17-22(20,21)13-7-5-12(16)6-8-13/h5-8,11,14,17H,3-4,9-10H2,1-2H3. The zero-order chi connectivity index (χ0) is 16.3. The van der Waals surface area contributed by atoms with Crippen LogP contribution in [0.4, 0.5) is 0 Å². The summed E-state index contributed by atoms with van der Waals surface area (Å²) in [6.07, 6.45) is 1.96. The summed E-state index contributed by atoms with van der Waals surface area (Å²) in [5.41, 5.74) is 0. The molecule has 1 atom stereocenters. The molecule has 1 heterocycles. The number of hydrogen-bond acceptors (Lipinski definition) is 3. The van der Waals surface area contributed by atoms with Crippen molar-refractivity contribution in [3.63, 3.8) is 0 Å². The molecule has 1 aliphatic rings. The largest absolute Gasteiger partial charge is 0.341 e. The van der Waals surface area contributed by atoms with E-state index in [2.05, 4.69) is 20.7 Å². The highest BCUT2D eigenvalue weighted by Crippen LogP contribution is 2.18. The maximum atomic E-state index is 12.5. The number of nitrogens with one attached hydrogen (secondary N) is 1. The molecule has 0 aliphatic carbocycles. The maximum absolute atomic E-state index is 12.5. The number of amides is 1. The number of carbonyl (C=O) groups is 1. The van der Waals surface area contributed by atoms with Gasteiger partial charge in [0.15, 0.2) is 0 Å². The van der Waals surface area contributed by atoms with Crippen LogP contribution in [0.15, 0.2) is 33.6 Å². The van der Waals surface area contributed by atoms with Crippen molar-refractivity contribution in [3.8, 4) is 0 Å². The van der Waals surface area contributed by atoms with Crippen molar-refractivity contribution in [2.24, 2.45) is 5.92 Å². The number of rotatable bonds is 5. The third-order valence-electron chi connectivity index (χ3n) is 3.76. The molecule has 1 saturated heterocycles. The van der Waals surface area contributed by atoms with Crippen LogP contribution in [0.1, 0.15) is 26.7 Å². The van der Waals surface area contributed by atoms with Gasteiger partial charge in [-0.15, -0.1) is 0 Å². The number of hydrogen-bond donors (Lipinski definition) is 1. The second-order valence-electron chi connectivity index (χ2n) is 5.83. The number of likely N-dealkylation sites (tertiary alicyclic amines) is 1. The molecule has 0 aromatic heterocycles. The van der Waals surface area contributed by atoms with E-state index in [1.165, 1.54) is 12.1 Å². The first-order chi connectivity index (χ1) is 10.3. The highest BCUT2D eigenvalue weighted by Gasteiger charge is 2.32. The molecule has 5 nitrogen and oxygen atoms in total. The first kappa shape index (κ1) is 17.4. The van der Waals surface area contributed by atoms with Gasteiger partial charge in [-0.25, -0.2) is 8.42 Å². The highest BCUT2D eigenvalue weighted by molar-refractivity contribution is 9.10. The van der Waals surface area contributed by atoms with Crippen LogP contribution in [0.25, 0.3) is 0 Å². The van der Waals surface area contributed by atoms with E-state index >= 15 is 0 Å². The van der Waals surface area contributed by atoms with E-state index in [-0.39, 0.29) is 16.7 Å². The summed E-state index contributed by atoms with van der Waals surface area (Å²) in [6, 6.07) is 5.64. The topological polar surface area (TPSA) is 66.5 Å². The summed E-state index contributed by atoms with van der Waals surface area (Å²) < 4.78 is 28.3. The molecule has 0 radical (unpaired) electrons. The number of nitrogens with zero attached hydrogens (tertiary/aromatic N) is 1. The molecule has 7 heteroatoms. The first-order valence-electron chi connectivity index (χ1n) is 7.38. The lowest BCUT2D eigenvalue weighted by Crippen LogP contribution is -2.50. The van der Waals surface area contributed by atoms with Crippen molar-refractivity contribution in [2.45, 2.75) is 37.6 Å². The van der Waals surface area contributed by atoms with Gasteiger partial charge in [-0.2, -0.15) is 4.72 Å². The van der Waals surface area contributed by atoms with Gasteiger partial charge in [0.2, 0.25) is 15.9 Å². The van der Waals surface area contributed by atoms with E-state index in [1.807, 2.05) is 13.8 Å². The number of sulfonamides is 1. The summed E-state index contributed by atoms with van der Waals surface area (Å²) in [6.45, 7) is 5.12. The fourth-order valence-corrected chi connectivity index (χ4v) is 4.06. The molecular weight excluding hydrogens is 368 g/mol. The van der Waals surface area contributed by atoms with Crippen LogP contribution in [0.3, 0.4) is 0 Å². The van der Waals surface area contributed by atoms with Gasteiger partial charge in [0.1, 0.15) is 6.04 Å². The Morgan fingerprint density at radius 1 is 1.18 bits per heavy atom. The van der Waals surface area contributed by atoms with Crippen molar-refractivity contribution in [3.05, 3.63) is 28.7 Å². The van der Waals surface area contributed by atoms with Crippen molar-refractivity contribution < 1.29 is 13.2 Å². The molecule has 1 amide bonds. The van der Waals surface area contributed by atoms with E-state index in [4.69, 9.17) is 0 Å². The Morgan fingerprint density at radius 3 is 2.23 bits per heavy atom. The van der Waals surface area contributed by atoms with Gasteiger partial charge in [-0.05, 0) is 43.0 Å². The van der Waals surface area contributed by atoms with E-state index < -0.39 is 16.1 Å². The lowest BCUT2D eigenvalue weighted by Gasteiger charge is -2.26. The lowest BCUT2D eigenvalue weighted by molar-refractivity contribution is -0.132. The zero-order valence-electron chi connectivity index (χ0n) is 12.8. The molecule has 0 spiro atoms. The molecule has 122 valence electrons. The summed E-state index contributed by atoms with van der Waals surface area (Å²) in [5.74, 6) is -0.244. The third-order valence-corrected chi connectivity index (χ3v) is 5.74. The van der Waals surface area contributed by atoms with Crippen LogP contribution in [0.5, 0.6) is 0 Å². The Morgan fingerprint density at radius 2 is 1.73 bits per heavy atom. The second kappa shape index (κ2) is 7.10. The maximum Gasteiger partial charge on any atom is 0.241 e. The molecule has 0 saturated carbocycles. The van der Waals surface area contributed by atoms with Crippen LogP contribution >= 0.6 is 15.9 Å². The van der Waals surface area contributed by atoms with Crippen molar-refractivity contribution in [1.82, 2.24) is 9.62 Å². The summed E-state index contributed by atoms with van der Waals surface area (Å²) >= 11 is 3.28. The smallest absolute Gasteiger partial charge is 0.241 e. The van der Waals surface area contributed by atoms with Gasteiger partial charge in [0.25, 0.3) is 0 Å². The molecule has 1 fully saturated rings. The number of halogens is 1. The molecule has 1 unspecified atom stereocenters. The highest BCUT2D eigenvalue weighted by atomic mass is 79.9. The average Bonchev–Trinajstić information content (AvgIpc) is 2.98. The van der Waals surface area contributed by atoms with E-state index in [9.17, 15) is 13.2 Å². The third kappa shape index (κ3) is 4.08. The van der Waals surface area contributed by atoms with Gasteiger partial charge in [-0.3, -0.25) is 4.79 Å². The van der Waals surface area contributed by atoms with Gasteiger partial charge < -0.3 is 4.90 Å². The summed E-state index contributed by atoms with van der Waals surface area (Å²) in [4.78, 5) is 14.4. The Labute approximate surface area is 140 Å². The molecule has 2 rings (SSSR count). The van der Waals surface area contributed by atoms with Crippen LogP contribution in [-0.4, -0.2) is 38.4 Å². The number of carbonyl (C=O) groups excluding carboxylic acids is 1. The molecule has 1 N–H and O–H groups in total. The minimum absolute atomic E-state index is 0.113. The first-order valence-corrected chi connectivity index (χ1v) is 9.65. The van der Waals surface area contributed by atoms with E-state index in [1.54, 1.807) is 17.0 Å². The van der Waals surface area contributed by atoms with Gasteiger partial charge in [-0.1, -0.05) is 29.8 Å². The van der Waals surface area contributed by atoms with E-state index in [0.717, 1.165) is 17.3 Å². The summed E-state index contributed by atoms with van der Waals surface area (Å²) in [5, 5.41) is 0. The minimum atomic E-state index is -3.71. The minimum Gasteiger partial charge on any atom is -0.341 e. The molecule has 22 heavy (non-hydrogen) atoms. The van der Waals surface area contributed by atoms with E-state index in [0.29, 0.717) is 13.1 Å². The molecule has 0 bridgehead atoms. The Balaban J connectivity index is 2.19. The van der Waals surface area contributed by atoms with Crippen molar-refractivity contribution in [2.75, 3.05) is 13.1 Å². The Hall–Kier alpha value is -0.920. The van der Waals surface area contributed by atoms with Crippen LogP contribution in [0.2, 0.25) is 0 Å². The second-order valence-corrected chi connectivity index (χ2v) is 8.46. The van der Waals surface area contributed by atoms with Gasteiger partial charge in [0.05, 0.1) is 4.90 Å². The monoisotopic (exact) mass is 388 g/mol. The number of benzene rings is 1. The molecule has 1 aliphatic heterocycles. The van der Waals surface area contributed by atoms with Crippen molar-refractivity contribution >= 4 is 31.9 Å². The quantitative estimate of drug-likeness (QED) is 0.841. The SMILES string of the molecule is CC(C)C(NS(=O)(=O)c1ccc(Br)cc1)C(=O)N1CCCC1. The molecule has 1 aromatic rings. The van der Waals surface area contributed by atoms with Crippen LogP contribution < -0.4 is 4.72 Å². The predicted octanol–water partition coefficient (Wildman–Crippen LogP) is 2.37. The zero-order valence-corrected chi connectivity index (χ0v) is 15.2. The average molecular weight is 389 g/mol. The van der Waals surface area contributed by atoms with Gasteiger partial charge >= 0.3 is 0 Å². The van der Waals surface area contributed by atoms with Crippen LogP contribution in [-0.2, 0) is 14.8 Å². The molecule has 1 aromatic carbocycles. The lowest BCUT2D eigenvalue weighted by atomic mass is 10.0. The van der Waals surface area contributed by atoms with Gasteiger partial charge in [0, 0.05) is 17.6 Å². The molecular formula is C15H21BrN2O3S. The van der Waals surface area contributed by atoms with Crippen LogP contribution in [0, 0.1) is 5.92 Å². The fourth-order valence-electron chi connectivity index (χ4n) is 2.45. The Bertz CT molecular complexity index is 623.